The molecule has 0 aliphatic heterocycles. The van der Waals surface area contributed by atoms with Gasteiger partial charge in [0.15, 0.2) is 0 Å². The van der Waals surface area contributed by atoms with Crippen LogP contribution in [0.3, 0.4) is 0 Å². The zero-order valence-electron chi connectivity index (χ0n) is 8.23. The minimum Gasteiger partial charge on any atom is -0.481 e. The van der Waals surface area contributed by atoms with E-state index in [0.29, 0.717) is 0 Å². The highest BCUT2D eigenvalue weighted by Crippen LogP contribution is 2.17. The number of ether oxygens (including phenoxy) is 1. The number of methoxy groups -OCH3 is 1. The molecule has 0 atom stereocenters. The Morgan fingerprint density at radius 2 is 2.00 bits per heavy atom. The maximum atomic E-state index is 7.60. The van der Waals surface area contributed by atoms with Crippen LogP contribution >= 0.6 is 12.4 Å². The lowest BCUT2D eigenvalue weighted by molar-refractivity contribution is 0.401. The smallest absolute Gasteiger partial charge is 0.215 e. The second-order valence-corrected chi connectivity index (χ2v) is 2.94. The molecule has 3 nitrogen and oxygen atoms in total. The average Bonchev–Trinajstić information content (AvgIpc) is 2.27. The largest absolute Gasteiger partial charge is 0.481 e. The molecule has 0 aliphatic rings. The molecule has 0 amide bonds. The van der Waals surface area contributed by atoms with Gasteiger partial charge in [0.2, 0.25) is 5.90 Å². The van der Waals surface area contributed by atoms with E-state index in [0.717, 1.165) is 16.3 Å². The molecule has 15 heavy (non-hydrogen) atoms. The second kappa shape index (κ2) is 4.75. The van der Waals surface area contributed by atoms with Crippen LogP contribution < -0.4 is 0 Å². The number of nitrogens with zero attached hydrogens (tertiary/aromatic N) is 1. The number of aromatic nitrogens is 1. The summed E-state index contributed by atoms with van der Waals surface area (Å²) in [6.45, 7) is 0. The number of rotatable bonds is 1. The van der Waals surface area contributed by atoms with Gasteiger partial charge in [-0.05, 0) is 5.39 Å². The summed E-state index contributed by atoms with van der Waals surface area (Å²) in [4.78, 5) is 4.06. The van der Waals surface area contributed by atoms with Gasteiger partial charge in [0.1, 0.15) is 0 Å². The van der Waals surface area contributed by atoms with E-state index in [1.165, 1.54) is 7.11 Å². The summed E-state index contributed by atoms with van der Waals surface area (Å²) in [5.41, 5.74) is 0.727. The first-order valence-electron chi connectivity index (χ1n) is 4.28. The number of pyridine rings is 1. The molecule has 1 heterocycles. The molecule has 1 aromatic carbocycles. The van der Waals surface area contributed by atoms with Gasteiger partial charge in [0, 0.05) is 17.8 Å². The summed E-state index contributed by atoms with van der Waals surface area (Å²) in [6, 6.07) is 7.81. The summed E-state index contributed by atoms with van der Waals surface area (Å²) in [6.07, 6.45) is 3.43. The first-order chi connectivity index (χ1) is 6.83. The number of hydrogen-bond donors (Lipinski definition) is 1. The minimum absolute atomic E-state index is 0. The molecule has 1 N–H and O–H groups in total. The summed E-state index contributed by atoms with van der Waals surface area (Å²) in [5.74, 6) is 0.147. The van der Waals surface area contributed by atoms with Gasteiger partial charge in [-0.3, -0.25) is 10.4 Å². The normalized spacial score (nSPS) is 9.40. The first-order valence-corrected chi connectivity index (χ1v) is 4.28. The van der Waals surface area contributed by atoms with Gasteiger partial charge in [0.05, 0.1) is 12.7 Å². The quantitative estimate of drug-likeness (QED) is 0.596. The molecule has 0 radical (unpaired) electrons. The van der Waals surface area contributed by atoms with Crippen molar-refractivity contribution >= 4 is 29.1 Å². The summed E-state index contributed by atoms with van der Waals surface area (Å²) in [7, 11) is 1.49. The fourth-order valence-electron chi connectivity index (χ4n) is 1.41. The van der Waals surface area contributed by atoms with Gasteiger partial charge in [-0.15, -0.1) is 12.4 Å². The Hall–Kier alpha value is -1.61. The van der Waals surface area contributed by atoms with Crippen LogP contribution in [0.2, 0.25) is 0 Å². The zero-order chi connectivity index (χ0) is 9.97. The van der Waals surface area contributed by atoms with Gasteiger partial charge in [0.25, 0.3) is 0 Å². The molecule has 2 rings (SSSR count). The molecule has 0 saturated heterocycles. The first kappa shape index (κ1) is 11.5. The number of fused-ring (bicyclic) bond motifs is 1. The maximum Gasteiger partial charge on any atom is 0.215 e. The van der Waals surface area contributed by atoms with Crippen LogP contribution in [0, 0.1) is 5.41 Å². The Bertz CT molecular complexity index is 479. The van der Waals surface area contributed by atoms with Crippen molar-refractivity contribution in [2.24, 2.45) is 0 Å². The lowest BCUT2D eigenvalue weighted by Gasteiger charge is -2.05. The van der Waals surface area contributed by atoms with E-state index < -0.39 is 0 Å². The van der Waals surface area contributed by atoms with Crippen LogP contribution in [0.15, 0.2) is 36.7 Å². The minimum atomic E-state index is 0. The van der Waals surface area contributed by atoms with Crippen LogP contribution in [0.5, 0.6) is 0 Å². The molecular formula is C11H11ClN2O. The average molecular weight is 223 g/mol. The van der Waals surface area contributed by atoms with Gasteiger partial charge < -0.3 is 4.74 Å². The van der Waals surface area contributed by atoms with Crippen molar-refractivity contribution in [1.82, 2.24) is 4.98 Å². The topological polar surface area (TPSA) is 46.0 Å². The standard InChI is InChI=1S/C11H10N2O.ClH/c1-14-11(12)10-7-13-6-8-4-2-3-5-9(8)10;/h2-7,12H,1H3;1H. The van der Waals surface area contributed by atoms with Gasteiger partial charge in [-0.2, -0.15) is 0 Å². The molecule has 1 aromatic heterocycles. The predicted octanol–water partition coefficient (Wildman–Crippen LogP) is 2.63. The number of hydrogen-bond acceptors (Lipinski definition) is 3. The van der Waals surface area contributed by atoms with Crippen LogP contribution in [-0.4, -0.2) is 18.0 Å². The number of halogens is 1. The van der Waals surface area contributed by atoms with Gasteiger partial charge >= 0.3 is 0 Å². The van der Waals surface area contributed by atoms with E-state index in [1.807, 2.05) is 24.3 Å². The molecule has 0 unspecified atom stereocenters. The summed E-state index contributed by atoms with van der Waals surface area (Å²) in [5, 5.41) is 9.61. The third kappa shape index (κ3) is 2.07. The van der Waals surface area contributed by atoms with Crippen LogP contribution in [0.4, 0.5) is 0 Å². The van der Waals surface area contributed by atoms with Crippen molar-refractivity contribution in [3.8, 4) is 0 Å². The molecule has 2 aromatic rings. The van der Waals surface area contributed by atoms with Crippen LogP contribution in [-0.2, 0) is 4.74 Å². The molecule has 0 saturated carbocycles. The Morgan fingerprint density at radius 3 is 2.73 bits per heavy atom. The monoisotopic (exact) mass is 222 g/mol. The van der Waals surface area contributed by atoms with Crippen molar-refractivity contribution in [1.29, 1.82) is 5.41 Å². The van der Waals surface area contributed by atoms with E-state index in [-0.39, 0.29) is 18.3 Å². The molecule has 0 aliphatic carbocycles. The van der Waals surface area contributed by atoms with Crippen molar-refractivity contribution in [2.45, 2.75) is 0 Å². The van der Waals surface area contributed by atoms with Crippen molar-refractivity contribution < 1.29 is 4.74 Å². The third-order valence-corrected chi connectivity index (χ3v) is 2.12. The number of nitrogens with one attached hydrogen (secondary N) is 1. The van der Waals surface area contributed by atoms with E-state index in [4.69, 9.17) is 10.1 Å². The Morgan fingerprint density at radius 1 is 1.27 bits per heavy atom. The highest BCUT2D eigenvalue weighted by molar-refractivity contribution is 6.04. The summed E-state index contributed by atoms with van der Waals surface area (Å²) >= 11 is 0. The van der Waals surface area contributed by atoms with Crippen LogP contribution in [0.25, 0.3) is 10.8 Å². The second-order valence-electron chi connectivity index (χ2n) is 2.94. The molecule has 0 fully saturated rings. The van der Waals surface area contributed by atoms with Gasteiger partial charge in [-0.25, -0.2) is 0 Å². The van der Waals surface area contributed by atoms with E-state index in [2.05, 4.69) is 4.98 Å². The summed E-state index contributed by atoms with van der Waals surface area (Å²) < 4.78 is 4.89. The molecule has 78 valence electrons. The highest BCUT2D eigenvalue weighted by atomic mass is 35.5. The SMILES string of the molecule is COC(=N)c1cncc2ccccc12.Cl. The fourth-order valence-corrected chi connectivity index (χ4v) is 1.41. The van der Waals surface area contributed by atoms with E-state index >= 15 is 0 Å². The van der Waals surface area contributed by atoms with Crippen LogP contribution in [0.1, 0.15) is 5.56 Å². The maximum absolute atomic E-state index is 7.60. The number of benzene rings is 1. The van der Waals surface area contributed by atoms with Crippen molar-refractivity contribution in [3.63, 3.8) is 0 Å². The van der Waals surface area contributed by atoms with Gasteiger partial charge in [-0.1, -0.05) is 24.3 Å². The Kier molecular flexibility index (Phi) is 3.63. The third-order valence-electron chi connectivity index (χ3n) is 2.12. The molecule has 0 bridgehead atoms. The Balaban J connectivity index is 0.00000112. The zero-order valence-corrected chi connectivity index (χ0v) is 9.04. The van der Waals surface area contributed by atoms with Crippen molar-refractivity contribution in [3.05, 3.63) is 42.2 Å². The molecule has 0 spiro atoms. The lowest BCUT2D eigenvalue weighted by atomic mass is 10.1. The highest BCUT2D eigenvalue weighted by Gasteiger charge is 2.05. The van der Waals surface area contributed by atoms with Crippen molar-refractivity contribution in [2.75, 3.05) is 7.11 Å². The lowest BCUT2D eigenvalue weighted by Crippen LogP contribution is -2.02. The fraction of sp³-hybridized carbons (Fsp3) is 0.0909. The predicted molar refractivity (Wildman–Crippen MR) is 62.8 cm³/mol. The Labute approximate surface area is 94.0 Å². The van der Waals surface area contributed by atoms with E-state index in [1.54, 1.807) is 12.4 Å². The molecular weight excluding hydrogens is 212 g/mol. The van der Waals surface area contributed by atoms with E-state index in [9.17, 15) is 0 Å². The molecule has 4 heteroatoms.